The topological polar surface area (TPSA) is 24.5 Å². The van der Waals surface area contributed by atoms with Gasteiger partial charge in [-0.1, -0.05) is 13.0 Å². The number of hydrogen-bond donors (Lipinski definition) is 1. The van der Waals surface area contributed by atoms with E-state index in [2.05, 4.69) is 24.2 Å². The van der Waals surface area contributed by atoms with Crippen molar-refractivity contribution in [1.82, 2.24) is 10.2 Å². The maximum Gasteiger partial charge on any atom is 0.131 e. The van der Waals surface area contributed by atoms with Gasteiger partial charge in [-0.25, -0.2) is 4.39 Å². The van der Waals surface area contributed by atoms with Gasteiger partial charge in [-0.15, -0.1) is 0 Å². The molecular weight excluding hydrogens is 287 g/mol. The van der Waals surface area contributed by atoms with E-state index in [4.69, 9.17) is 4.74 Å². The van der Waals surface area contributed by atoms with Gasteiger partial charge in [0.2, 0.25) is 0 Å². The molecule has 1 fully saturated rings. The fraction of sp³-hybridized carbons (Fsp3) is 0.625. The SMILES string of the molecule is CCCNC(c1ccc(OC)cc1F)C1CSCCN1C. The Kier molecular flexibility index (Phi) is 6.33. The lowest BCUT2D eigenvalue weighted by Gasteiger charge is -2.38. The second kappa shape index (κ2) is 8.01. The van der Waals surface area contributed by atoms with Crippen LogP contribution in [0.2, 0.25) is 0 Å². The highest BCUT2D eigenvalue weighted by molar-refractivity contribution is 7.99. The van der Waals surface area contributed by atoms with E-state index < -0.39 is 0 Å². The highest BCUT2D eigenvalue weighted by Gasteiger charge is 2.30. The summed E-state index contributed by atoms with van der Waals surface area (Å²) >= 11 is 1.95. The molecule has 0 saturated carbocycles. The molecule has 2 rings (SSSR count). The summed E-state index contributed by atoms with van der Waals surface area (Å²) in [5.74, 6) is 2.56. The van der Waals surface area contributed by atoms with Crippen LogP contribution in [-0.2, 0) is 0 Å². The lowest BCUT2D eigenvalue weighted by molar-refractivity contribution is 0.213. The number of ether oxygens (including phenoxy) is 1. The van der Waals surface area contributed by atoms with Crippen LogP contribution in [-0.4, -0.2) is 49.7 Å². The number of halogens is 1. The van der Waals surface area contributed by atoms with Crippen molar-refractivity contribution in [3.8, 4) is 5.75 Å². The molecule has 0 radical (unpaired) electrons. The molecule has 1 heterocycles. The lowest BCUT2D eigenvalue weighted by Crippen LogP contribution is -2.48. The molecule has 1 N–H and O–H groups in total. The Hall–Kier alpha value is -0.780. The van der Waals surface area contributed by atoms with Crippen LogP contribution in [0.15, 0.2) is 18.2 Å². The molecule has 0 spiro atoms. The quantitative estimate of drug-likeness (QED) is 0.873. The molecule has 0 aliphatic carbocycles. The Morgan fingerprint density at radius 1 is 1.52 bits per heavy atom. The van der Waals surface area contributed by atoms with Crippen molar-refractivity contribution in [3.63, 3.8) is 0 Å². The number of hydrogen-bond acceptors (Lipinski definition) is 4. The van der Waals surface area contributed by atoms with E-state index in [1.54, 1.807) is 7.11 Å². The van der Waals surface area contributed by atoms with Crippen LogP contribution < -0.4 is 10.1 Å². The first-order valence-electron chi connectivity index (χ1n) is 7.52. The number of nitrogens with zero attached hydrogens (tertiary/aromatic N) is 1. The minimum Gasteiger partial charge on any atom is -0.497 e. The number of likely N-dealkylation sites (N-methyl/N-ethyl adjacent to an activating group) is 1. The maximum atomic E-state index is 14.5. The zero-order valence-corrected chi connectivity index (χ0v) is 13.9. The second-order valence-electron chi connectivity index (χ2n) is 5.44. The van der Waals surface area contributed by atoms with Crippen molar-refractivity contribution in [3.05, 3.63) is 29.6 Å². The first-order chi connectivity index (χ1) is 10.2. The number of benzene rings is 1. The van der Waals surface area contributed by atoms with E-state index >= 15 is 0 Å². The van der Waals surface area contributed by atoms with Crippen molar-refractivity contribution in [2.24, 2.45) is 0 Å². The molecule has 3 nitrogen and oxygen atoms in total. The largest absolute Gasteiger partial charge is 0.497 e. The van der Waals surface area contributed by atoms with E-state index in [0.717, 1.165) is 36.6 Å². The number of methoxy groups -OCH3 is 1. The smallest absolute Gasteiger partial charge is 0.131 e. The van der Waals surface area contributed by atoms with Crippen molar-refractivity contribution in [2.75, 3.05) is 38.8 Å². The predicted octanol–water partition coefficient (Wildman–Crippen LogP) is 2.92. The fourth-order valence-corrected chi connectivity index (χ4v) is 3.97. The Balaban J connectivity index is 2.26. The molecule has 1 aromatic carbocycles. The van der Waals surface area contributed by atoms with E-state index in [-0.39, 0.29) is 11.9 Å². The Morgan fingerprint density at radius 2 is 2.33 bits per heavy atom. The molecule has 1 aromatic rings. The van der Waals surface area contributed by atoms with Crippen LogP contribution in [0.5, 0.6) is 5.75 Å². The monoisotopic (exact) mass is 312 g/mol. The van der Waals surface area contributed by atoms with Gasteiger partial charge in [-0.2, -0.15) is 11.8 Å². The standard InChI is InChI=1S/C16H25FN2OS/c1-4-7-18-16(15-11-21-9-8-19(15)2)13-6-5-12(20-3)10-14(13)17/h5-6,10,15-16,18H,4,7-9,11H2,1-3H3. The van der Waals surface area contributed by atoms with Crippen LogP contribution in [0.3, 0.4) is 0 Å². The summed E-state index contributed by atoms with van der Waals surface area (Å²) in [5, 5.41) is 3.53. The average Bonchev–Trinajstić information content (AvgIpc) is 2.50. The third kappa shape index (κ3) is 4.11. The highest BCUT2D eigenvalue weighted by Crippen LogP contribution is 2.30. The molecule has 1 aliphatic rings. The Bertz CT molecular complexity index is 458. The summed E-state index contributed by atoms with van der Waals surface area (Å²) in [6.45, 7) is 4.08. The highest BCUT2D eigenvalue weighted by atomic mass is 32.2. The Morgan fingerprint density at radius 3 is 2.95 bits per heavy atom. The zero-order chi connectivity index (χ0) is 15.2. The van der Waals surface area contributed by atoms with Gasteiger partial charge < -0.3 is 10.1 Å². The molecule has 2 unspecified atom stereocenters. The normalized spacial score (nSPS) is 21.2. The van der Waals surface area contributed by atoms with Crippen molar-refractivity contribution >= 4 is 11.8 Å². The summed E-state index contributed by atoms with van der Waals surface area (Å²) in [7, 11) is 3.69. The fourth-order valence-electron chi connectivity index (χ4n) is 2.70. The minimum absolute atomic E-state index is 0.0219. The van der Waals surface area contributed by atoms with Gasteiger partial charge in [0.05, 0.1) is 13.2 Å². The van der Waals surface area contributed by atoms with Crippen molar-refractivity contribution < 1.29 is 9.13 Å². The van der Waals surface area contributed by atoms with Crippen molar-refractivity contribution in [1.29, 1.82) is 0 Å². The van der Waals surface area contributed by atoms with Gasteiger partial charge in [0.25, 0.3) is 0 Å². The molecule has 5 heteroatoms. The summed E-state index contributed by atoms with van der Waals surface area (Å²) in [6, 6.07) is 5.52. The first kappa shape index (κ1) is 16.6. The third-order valence-corrected chi connectivity index (χ3v) is 5.03. The molecule has 118 valence electrons. The molecule has 21 heavy (non-hydrogen) atoms. The Labute approximate surface area is 131 Å². The minimum atomic E-state index is -0.188. The second-order valence-corrected chi connectivity index (χ2v) is 6.59. The molecule has 0 bridgehead atoms. The molecule has 0 aromatic heterocycles. The van der Waals surface area contributed by atoms with Gasteiger partial charge in [-0.3, -0.25) is 4.90 Å². The van der Waals surface area contributed by atoms with Gasteiger partial charge in [0.1, 0.15) is 11.6 Å². The molecule has 2 atom stereocenters. The summed E-state index contributed by atoms with van der Waals surface area (Å²) < 4.78 is 19.6. The van der Waals surface area contributed by atoms with Crippen LogP contribution >= 0.6 is 11.8 Å². The average molecular weight is 312 g/mol. The van der Waals surface area contributed by atoms with E-state index in [1.807, 2.05) is 23.9 Å². The lowest BCUT2D eigenvalue weighted by atomic mass is 9.98. The third-order valence-electron chi connectivity index (χ3n) is 3.98. The van der Waals surface area contributed by atoms with Crippen LogP contribution in [0, 0.1) is 5.82 Å². The van der Waals surface area contributed by atoms with Gasteiger partial charge in [0, 0.05) is 35.7 Å². The van der Waals surface area contributed by atoms with E-state index in [0.29, 0.717) is 11.8 Å². The van der Waals surface area contributed by atoms with E-state index in [1.165, 1.54) is 6.07 Å². The number of nitrogens with one attached hydrogen (secondary N) is 1. The molecular formula is C16H25FN2OS. The van der Waals surface area contributed by atoms with Crippen LogP contribution in [0.4, 0.5) is 4.39 Å². The van der Waals surface area contributed by atoms with Gasteiger partial charge in [-0.05, 0) is 26.1 Å². The molecule has 1 saturated heterocycles. The number of rotatable bonds is 6. The maximum absolute atomic E-state index is 14.5. The summed E-state index contributed by atoms with van der Waals surface area (Å²) in [6.07, 6.45) is 1.04. The number of thioether (sulfide) groups is 1. The predicted molar refractivity (Wildman–Crippen MR) is 87.7 cm³/mol. The van der Waals surface area contributed by atoms with Crippen LogP contribution in [0.1, 0.15) is 24.9 Å². The zero-order valence-electron chi connectivity index (χ0n) is 13.1. The van der Waals surface area contributed by atoms with Gasteiger partial charge >= 0.3 is 0 Å². The summed E-state index contributed by atoms with van der Waals surface area (Å²) in [4.78, 5) is 2.34. The molecule has 1 aliphatic heterocycles. The first-order valence-corrected chi connectivity index (χ1v) is 8.67. The summed E-state index contributed by atoms with van der Waals surface area (Å²) in [5.41, 5.74) is 0.739. The van der Waals surface area contributed by atoms with Gasteiger partial charge in [0.15, 0.2) is 0 Å². The van der Waals surface area contributed by atoms with Crippen molar-refractivity contribution in [2.45, 2.75) is 25.4 Å². The van der Waals surface area contributed by atoms with E-state index in [9.17, 15) is 4.39 Å². The molecule has 0 amide bonds. The van der Waals surface area contributed by atoms with Crippen LogP contribution in [0.25, 0.3) is 0 Å².